The van der Waals surface area contributed by atoms with Gasteiger partial charge in [-0.1, -0.05) is 31.0 Å². The normalized spacial score (nSPS) is 10.6. The lowest BCUT2D eigenvalue weighted by atomic mass is 10.0. The highest BCUT2D eigenvalue weighted by Gasteiger charge is 2.10. The number of rotatable bonds is 5. The summed E-state index contributed by atoms with van der Waals surface area (Å²) in [6.07, 6.45) is 2.01. The maximum Gasteiger partial charge on any atom is 0.335 e. The molecule has 0 fully saturated rings. The second kappa shape index (κ2) is 5.74. The van der Waals surface area contributed by atoms with Crippen LogP contribution in [0.5, 0.6) is 5.75 Å². The summed E-state index contributed by atoms with van der Waals surface area (Å²) in [5, 5.41) is 11.0. The van der Waals surface area contributed by atoms with Gasteiger partial charge in [0.2, 0.25) is 0 Å². The zero-order valence-corrected chi connectivity index (χ0v) is 11.3. The van der Waals surface area contributed by atoms with Crippen LogP contribution in [-0.4, -0.2) is 17.7 Å². The molecule has 2 aromatic rings. The molecular formula is C16H18O3. The number of ether oxygens (including phenoxy) is 1. The summed E-state index contributed by atoms with van der Waals surface area (Å²) in [6, 6.07) is 9.24. The van der Waals surface area contributed by atoms with Crippen LogP contribution in [0.25, 0.3) is 10.8 Å². The van der Waals surface area contributed by atoms with Gasteiger partial charge >= 0.3 is 5.97 Å². The van der Waals surface area contributed by atoms with E-state index in [2.05, 4.69) is 6.92 Å². The zero-order chi connectivity index (χ0) is 13.8. The van der Waals surface area contributed by atoms with Gasteiger partial charge in [-0.2, -0.15) is 0 Å². The first-order valence-electron chi connectivity index (χ1n) is 6.52. The van der Waals surface area contributed by atoms with Gasteiger partial charge in [0, 0.05) is 5.39 Å². The standard InChI is InChI=1S/C16H18O3/c1-3-4-7-19-15-10-13(16(17)18)9-12-6-5-11(2)8-14(12)15/h5-6,8-10H,3-4,7H2,1-2H3,(H,17,18). The minimum atomic E-state index is -0.928. The fraction of sp³-hybridized carbons (Fsp3) is 0.312. The summed E-state index contributed by atoms with van der Waals surface area (Å²) >= 11 is 0. The number of carbonyl (C=O) groups is 1. The molecule has 3 nitrogen and oxygen atoms in total. The number of carboxylic acid groups (broad SMARTS) is 1. The lowest BCUT2D eigenvalue weighted by Gasteiger charge is -2.11. The summed E-state index contributed by atoms with van der Waals surface area (Å²) in [6.45, 7) is 4.72. The smallest absolute Gasteiger partial charge is 0.335 e. The molecule has 0 aliphatic carbocycles. The van der Waals surface area contributed by atoms with Crippen molar-refractivity contribution in [3.8, 4) is 5.75 Å². The van der Waals surface area contributed by atoms with Gasteiger partial charge in [0.15, 0.2) is 0 Å². The monoisotopic (exact) mass is 258 g/mol. The summed E-state index contributed by atoms with van der Waals surface area (Å²) in [5.41, 5.74) is 1.40. The van der Waals surface area contributed by atoms with Crippen molar-refractivity contribution >= 4 is 16.7 Å². The number of hydrogen-bond donors (Lipinski definition) is 1. The number of fused-ring (bicyclic) bond motifs is 1. The lowest BCUT2D eigenvalue weighted by molar-refractivity contribution is 0.0696. The topological polar surface area (TPSA) is 46.5 Å². The van der Waals surface area contributed by atoms with E-state index in [1.165, 1.54) is 0 Å². The number of benzene rings is 2. The fourth-order valence-corrected chi connectivity index (χ4v) is 2.01. The van der Waals surface area contributed by atoms with Crippen LogP contribution >= 0.6 is 0 Å². The van der Waals surface area contributed by atoms with Crippen LogP contribution in [0.2, 0.25) is 0 Å². The Morgan fingerprint density at radius 3 is 2.74 bits per heavy atom. The van der Waals surface area contributed by atoms with Gasteiger partial charge in [-0.05, 0) is 36.9 Å². The van der Waals surface area contributed by atoms with Crippen LogP contribution in [0.1, 0.15) is 35.7 Å². The Hall–Kier alpha value is -2.03. The van der Waals surface area contributed by atoms with Crippen molar-refractivity contribution in [1.82, 2.24) is 0 Å². The van der Waals surface area contributed by atoms with Crippen molar-refractivity contribution in [2.24, 2.45) is 0 Å². The molecule has 0 unspecified atom stereocenters. The van der Waals surface area contributed by atoms with Crippen LogP contribution in [0.4, 0.5) is 0 Å². The highest BCUT2D eigenvalue weighted by molar-refractivity contribution is 5.97. The van der Waals surface area contributed by atoms with Gasteiger partial charge < -0.3 is 9.84 Å². The van der Waals surface area contributed by atoms with Crippen molar-refractivity contribution in [1.29, 1.82) is 0 Å². The zero-order valence-electron chi connectivity index (χ0n) is 11.3. The number of aryl methyl sites for hydroxylation is 1. The minimum Gasteiger partial charge on any atom is -0.493 e. The van der Waals surface area contributed by atoms with Gasteiger partial charge in [0.05, 0.1) is 12.2 Å². The van der Waals surface area contributed by atoms with Gasteiger partial charge in [-0.15, -0.1) is 0 Å². The van der Waals surface area contributed by atoms with Crippen molar-refractivity contribution in [3.63, 3.8) is 0 Å². The highest BCUT2D eigenvalue weighted by Crippen LogP contribution is 2.29. The molecule has 0 heterocycles. The van der Waals surface area contributed by atoms with E-state index in [0.29, 0.717) is 12.4 Å². The Labute approximate surface area is 112 Å². The summed E-state index contributed by atoms with van der Waals surface area (Å²) in [5.74, 6) is -0.269. The van der Waals surface area contributed by atoms with Gasteiger partial charge in [0.1, 0.15) is 5.75 Å². The van der Waals surface area contributed by atoms with E-state index in [0.717, 1.165) is 29.2 Å². The van der Waals surface area contributed by atoms with Crippen LogP contribution in [0.3, 0.4) is 0 Å². The van der Waals surface area contributed by atoms with E-state index >= 15 is 0 Å². The molecule has 0 atom stereocenters. The maximum atomic E-state index is 11.1. The van der Waals surface area contributed by atoms with Gasteiger partial charge in [-0.25, -0.2) is 4.79 Å². The molecular weight excluding hydrogens is 240 g/mol. The quantitative estimate of drug-likeness (QED) is 0.824. The molecule has 0 saturated heterocycles. The van der Waals surface area contributed by atoms with Crippen molar-refractivity contribution < 1.29 is 14.6 Å². The summed E-state index contributed by atoms with van der Waals surface area (Å²) in [4.78, 5) is 11.1. The Morgan fingerprint density at radius 1 is 1.26 bits per heavy atom. The molecule has 1 N–H and O–H groups in total. The minimum absolute atomic E-state index is 0.267. The number of unbranched alkanes of at least 4 members (excludes halogenated alkanes) is 1. The Kier molecular flexibility index (Phi) is 4.05. The SMILES string of the molecule is CCCCOc1cc(C(=O)O)cc2ccc(C)cc12. The number of aromatic carboxylic acids is 1. The summed E-state index contributed by atoms with van der Waals surface area (Å²) in [7, 11) is 0. The van der Waals surface area contributed by atoms with Crippen LogP contribution in [0, 0.1) is 6.92 Å². The predicted octanol–water partition coefficient (Wildman–Crippen LogP) is 4.03. The molecule has 0 aromatic heterocycles. The number of hydrogen-bond acceptors (Lipinski definition) is 2. The predicted molar refractivity (Wildman–Crippen MR) is 76.0 cm³/mol. The van der Waals surface area contributed by atoms with E-state index in [-0.39, 0.29) is 5.56 Å². The van der Waals surface area contributed by atoms with E-state index < -0.39 is 5.97 Å². The average Bonchev–Trinajstić information content (AvgIpc) is 2.39. The third kappa shape index (κ3) is 3.05. The number of carboxylic acids is 1. The highest BCUT2D eigenvalue weighted by atomic mass is 16.5. The second-order valence-corrected chi connectivity index (χ2v) is 4.71. The molecule has 0 saturated carbocycles. The fourth-order valence-electron chi connectivity index (χ4n) is 2.01. The third-order valence-electron chi connectivity index (χ3n) is 3.07. The van der Waals surface area contributed by atoms with E-state index in [9.17, 15) is 4.79 Å². The summed E-state index contributed by atoms with van der Waals surface area (Å²) < 4.78 is 5.74. The maximum absolute atomic E-state index is 11.1. The first kappa shape index (κ1) is 13.4. The first-order chi connectivity index (χ1) is 9.11. The first-order valence-corrected chi connectivity index (χ1v) is 6.52. The van der Waals surface area contributed by atoms with Crippen molar-refractivity contribution in [3.05, 3.63) is 41.5 Å². The van der Waals surface area contributed by atoms with Crippen molar-refractivity contribution in [2.45, 2.75) is 26.7 Å². The Morgan fingerprint density at radius 2 is 2.05 bits per heavy atom. The molecule has 2 rings (SSSR count). The molecule has 0 aliphatic heterocycles. The lowest BCUT2D eigenvalue weighted by Crippen LogP contribution is -2.01. The van der Waals surface area contributed by atoms with Crippen LogP contribution in [0.15, 0.2) is 30.3 Å². The second-order valence-electron chi connectivity index (χ2n) is 4.71. The molecule has 100 valence electrons. The van der Waals surface area contributed by atoms with Gasteiger partial charge in [-0.3, -0.25) is 0 Å². The molecule has 0 bridgehead atoms. The van der Waals surface area contributed by atoms with E-state index in [1.807, 2.05) is 25.1 Å². The molecule has 0 amide bonds. The van der Waals surface area contributed by atoms with Crippen LogP contribution in [-0.2, 0) is 0 Å². The molecule has 3 heteroatoms. The van der Waals surface area contributed by atoms with Gasteiger partial charge in [0.25, 0.3) is 0 Å². The van der Waals surface area contributed by atoms with Crippen LogP contribution < -0.4 is 4.74 Å². The van der Waals surface area contributed by atoms with E-state index in [1.54, 1.807) is 12.1 Å². The van der Waals surface area contributed by atoms with Crippen molar-refractivity contribution in [2.75, 3.05) is 6.61 Å². The molecule has 19 heavy (non-hydrogen) atoms. The molecule has 2 aromatic carbocycles. The molecule has 0 spiro atoms. The molecule has 0 aliphatic rings. The van der Waals surface area contributed by atoms with E-state index in [4.69, 9.17) is 9.84 Å². The largest absolute Gasteiger partial charge is 0.493 e. The Bertz CT molecular complexity index is 602. The third-order valence-corrected chi connectivity index (χ3v) is 3.07. The molecule has 0 radical (unpaired) electrons. The average molecular weight is 258 g/mol. The Balaban J connectivity index is 2.49.